The van der Waals surface area contributed by atoms with Gasteiger partial charge in [0.15, 0.2) is 9.84 Å². The van der Waals surface area contributed by atoms with Crippen molar-refractivity contribution >= 4 is 9.84 Å². The number of nitrogens with zero attached hydrogens (tertiary/aromatic N) is 1. The summed E-state index contributed by atoms with van der Waals surface area (Å²) in [5.74, 6) is 0. The second-order valence-corrected chi connectivity index (χ2v) is 5.20. The Morgan fingerprint density at radius 1 is 1.43 bits per heavy atom. The molecular formula is C10H11NO2S. The van der Waals surface area contributed by atoms with Crippen molar-refractivity contribution < 1.29 is 8.42 Å². The van der Waals surface area contributed by atoms with E-state index in [1.54, 1.807) is 18.2 Å². The first-order valence-electron chi connectivity index (χ1n) is 4.11. The van der Waals surface area contributed by atoms with Gasteiger partial charge in [0.2, 0.25) is 0 Å². The molecule has 0 N–H and O–H groups in total. The summed E-state index contributed by atoms with van der Waals surface area (Å²) in [6.45, 7) is 1.82. The van der Waals surface area contributed by atoms with Crippen molar-refractivity contribution in [3.8, 4) is 6.07 Å². The average molecular weight is 209 g/mol. The molecule has 14 heavy (non-hydrogen) atoms. The van der Waals surface area contributed by atoms with Gasteiger partial charge in [0.05, 0.1) is 17.4 Å². The van der Waals surface area contributed by atoms with E-state index in [0.29, 0.717) is 5.56 Å². The van der Waals surface area contributed by atoms with Gasteiger partial charge >= 0.3 is 0 Å². The van der Waals surface area contributed by atoms with Crippen molar-refractivity contribution in [1.29, 1.82) is 5.26 Å². The van der Waals surface area contributed by atoms with Crippen LogP contribution in [0.2, 0.25) is 0 Å². The standard InChI is InChI=1S/C10H11NO2S/c1-8-3-4-9(5-6-11)10(7-8)14(2,12)13/h3-4,7H,5H2,1-2H3. The minimum atomic E-state index is -3.23. The maximum Gasteiger partial charge on any atom is 0.175 e. The summed E-state index contributed by atoms with van der Waals surface area (Å²) in [6, 6.07) is 7.05. The van der Waals surface area contributed by atoms with Crippen LogP contribution < -0.4 is 0 Å². The fourth-order valence-corrected chi connectivity index (χ4v) is 2.25. The summed E-state index contributed by atoms with van der Waals surface area (Å²) in [6.07, 6.45) is 1.28. The minimum Gasteiger partial charge on any atom is -0.224 e. The largest absolute Gasteiger partial charge is 0.224 e. The molecule has 0 unspecified atom stereocenters. The predicted octanol–water partition coefficient (Wildman–Crippen LogP) is 1.46. The van der Waals surface area contributed by atoms with E-state index in [1.165, 1.54) is 0 Å². The van der Waals surface area contributed by atoms with Crippen LogP contribution in [-0.2, 0) is 16.3 Å². The first-order chi connectivity index (χ1) is 6.45. The van der Waals surface area contributed by atoms with Crippen LogP contribution in [0.15, 0.2) is 23.1 Å². The molecule has 0 aliphatic carbocycles. The molecule has 0 radical (unpaired) electrons. The third kappa shape index (κ3) is 2.33. The molecule has 0 aliphatic rings. The lowest BCUT2D eigenvalue weighted by Gasteiger charge is -2.05. The van der Waals surface area contributed by atoms with Gasteiger partial charge in [0, 0.05) is 6.26 Å². The lowest BCUT2D eigenvalue weighted by Crippen LogP contribution is -2.02. The van der Waals surface area contributed by atoms with Crippen LogP contribution >= 0.6 is 0 Å². The molecular weight excluding hydrogens is 198 g/mol. The highest BCUT2D eigenvalue weighted by Crippen LogP contribution is 2.17. The third-order valence-electron chi connectivity index (χ3n) is 1.89. The highest BCUT2D eigenvalue weighted by molar-refractivity contribution is 7.90. The molecule has 0 saturated heterocycles. The van der Waals surface area contributed by atoms with E-state index in [9.17, 15) is 8.42 Å². The molecule has 0 aromatic heterocycles. The Morgan fingerprint density at radius 3 is 2.57 bits per heavy atom. The fourth-order valence-electron chi connectivity index (χ4n) is 1.24. The van der Waals surface area contributed by atoms with Crippen molar-refractivity contribution in [1.82, 2.24) is 0 Å². The molecule has 1 rings (SSSR count). The molecule has 1 aromatic carbocycles. The molecule has 3 nitrogen and oxygen atoms in total. The van der Waals surface area contributed by atoms with E-state index in [0.717, 1.165) is 11.8 Å². The summed E-state index contributed by atoms with van der Waals surface area (Å²) in [7, 11) is -3.23. The quantitative estimate of drug-likeness (QED) is 0.741. The topological polar surface area (TPSA) is 57.9 Å². The van der Waals surface area contributed by atoms with Gasteiger partial charge in [-0.3, -0.25) is 0 Å². The van der Waals surface area contributed by atoms with Gasteiger partial charge in [-0.25, -0.2) is 8.42 Å². The average Bonchev–Trinajstić information content (AvgIpc) is 2.07. The maximum absolute atomic E-state index is 11.4. The SMILES string of the molecule is Cc1ccc(CC#N)c(S(C)(=O)=O)c1. The van der Waals surface area contributed by atoms with Crippen LogP contribution in [0.25, 0.3) is 0 Å². The van der Waals surface area contributed by atoms with Gasteiger partial charge in [-0.2, -0.15) is 5.26 Å². The summed E-state index contributed by atoms with van der Waals surface area (Å²) >= 11 is 0. The summed E-state index contributed by atoms with van der Waals surface area (Å²) in [4.78, 5) is 0.263. The van der Waals surface area contributed by atoms with Crippen LogP contribution in [-0.4, -0.2) is 14.7 Å². The van der Waals surface area contributed by atoms with Gasteiger partial charge in [-0.05, 0) is 24.1 Å². The smallest absolute Gasteiger partial charge is 0.175 e. The molecule has 0 bridgehead atoms. The van der Waals surface area contributed by atoms with E-state index in [2.05, 4.69) is 0 Å². The molecule has 0 atom stereocenters. The summed E-state index contributed by atoms with van der Waals surface area (Å²) in [5, 5.41) is 8.53. The normalized spacial score (nSPS) is 10.9. The highest BCUT2D eigenvalue weighted by atomic mass is 32.2. The molecule has 1 aromatic rings. The molecule has 0 saturated carbocycles. The Bertz CT molecular complexity index is 483. The van der Waals surface area contributed by atoms with Gasteiger partial charge in [0.1, 0.15) is 0 Å². The van der Waals surface area contributed by atoms with Crippen molar-refractivity contribution in [3.63, 3.8) is 0 Å². The Balaban J connectivity index is 3.39. The van der Waals surface area contributed by atoms with Crippen LogP contribution in [0.1, 0.15) is 11.1 Å². The van der Waals surface area contributed by atoms with Crippen molar-refractivity contribution in [2.45, 2.75) is 18.2 Å². The molecule has 0 aliphatic heterocycles. The van der Waals surface area contributed by atoms with Crippen LogP contribution in [0.5, 0.6) is 0 Å². The Morgan fingerprint density at radius 2 is 2.07 bits per heavy atom. The van der Waals surface area contributed by atoms with E-state index < -0.39 is 9.84 Å². The molecule has 4 heteroatoms. The second kappa shape index (κ2) is 3.81. The van der Waals surface area contributed by atoms with Gasteiger partial charge in [-0.15, -0.1) is 0 Å². The van der Waals surface area contributed by atoms with Gasteiger partial charge in [-0.1, -0.05) is 12.1 Å². The van der Waals surface area contributed by atoms with Crippen molar-refractivity contribution in [2.75, 3.05) is 6.26 Å². The number of hydrogen-bond acceptors (Lipinski definition) is 3. The summed E-state index contributed by atoms with van der Waals surface area (Å²) in [5.41, 5.74) is 1.45. The highest BCUT2D eigenvalue weighted by Gasteiger charge is 2.12. The predicted molar refractivity (Wildman–Crippen MR) is 53.6 cm³/mol. The molecule has 0 heterocycles. The number of sulfone groups is 1. The Labute approximate surface area is 83.9 Å². The maximum atomic E-state index is 11.4. The zero-order chi connectivity index (χ0) is 10.8. The van der Waals surface area contributed by atoms with Gasteiger partial charge in [0.25, 0.3) is 0 Å². The number of hydrogen-bond donors (Lipinski definition) is 0. The molecule has 0 spiro atoms. The van der Waals surface area contributed by atoms with Crippen LogP contribution in [0.4, 0.5) is 0 Å². The minimum absolute atomic E-state index is 0.128. The fraction of sp³-hybridized carbons (Fsp3) is 0.300. The zero-order valence-electron chi connectivity index (χ0n) is 8.11. The molecule has 0 amide bonds. The number of benzene rings is 1. The lowest BCUT2D eigenvalue weighted by molar-refractivity contribution is 0.601. The van der Waals surface area contributed by atoms with Crippen molar-refractivity contribution in [3.05, 3.63) is 29.3 Å². The number of rotatable bonds is 2. The molecule has 74 valence electrons. The van der Waals surface area contributed by atoms with E-state index in [-0.39, 0.29) is 11.3 Å². The van der Waals surface area contributed by atoms with E-state index >= 15 is 0 Å². The first-order valence-corrected chi connectivity index (χ1v) is 6.01. The number of aryl methyl sites for hydroxylation is 1. The zero-order valence-corrected chi connectivity index (χ0v) is 8.93. The van der Waals surface area contributed by atoms with Crippen molar-refractivity contribution in [2.24, 2.45) is 0 Å². The number of nitriles is 1. The second-order valence-electron chi connectivity index (χ2n) is 3.22. The van der Waals surface area contributed by atoms with Crippen LogP contribution in [0, 0.1) is 18.3 Å². The third-order valence-corrected chi connectivity index (χ3v) is 3.07. The lowest BCUT2D eigenvalue weighted by atomic mass is 10.1. The molecule has 0 fully saturated rings. The monoisotopic (exact) mass is 209 g/mol. The summed E-state index contributed by atoms with van der Waals surface area (Å²) < 4.78 is 22.7. The van der Waals surface area contributed by atoms with Gasteiger partial charge < -0.3 is 0 Å². The van der Waals surface area contributed by atoms with E-state index in [1.807, 2.05) is 13.0 Å². The van der Waals surface area contributed by atoms with E-state index in [4.69, 9.17) is 5.26 Å². The van der Waals surface area contributed by atoms with Crippen LogP contribution in [0.3, 0.4) is 0 Å². The Kier molecular flexibility index (Phi) is 2.92. The Hall–Kier alpha value is -1.34. The first kappa shape index (κ1) is 10.7.